The summed E-state index contributed by atoms with van der Waals surface area (Å²) < 4.78 is 37.4. The Labute approximate surface area is 126 Å². The van der Waals surface area contributed by atoms with Gasteiger partial charge >= 0.3 is 10.5 Å². The van der Waals surface area contributed by atoms with Crippen LogP contribution in [0.25, 0.3) is 0 Å². The van der Waals surface area contributed by atoms with E-state index in [0.29, 0.717) is 11.5 Å². The number of pyridine rings is 1. The van der Waals surface area contributed by atoms with Crippen LogP contribution >= 0.6 is 0 Å². The van der Waals surface area contributed by atoms with Crippen LogP contribution in [0.5, 0.6) is 5.75 Å². The van der Waals surface area contributed by atoms with E-state index >= 15 is 0 Å². The second kappa shape index (κ2) is 6.02. The summed E-state index contributed by atoms with van der Waals surface area (Å²) in [7, 11) is -3.72. The maximum atomic E-state index is 12.5. The van der Waals surface area contributed by atoms with E-state index < -0.39 is 22.2 Å². The molecule has 0 saturated carbocycles. The van der Waals surface area contributed by atoms with Crippen LogP contribution in [0, 0.1) is 6.92 Å². The highest BCUT2D eigenvalue weighted by Crippen LogP contribution is 2.17. The number of hydrogen-bond donors (Lipinski definition) is 0. The summed E-state index contributed by atoms with van der Waals surface area (Å²) >= 11 is 0. The molecule has 22 heavy (non-hydrogen) atoms. The number of nitrogens with zero attached hydrogens (tertiary/aromatic N) is 4. The smallest absolute Gasteiger partial charge is 0.357 e. The van der Waals surface area contributed by atoms with Crippen LogP contribution in [0.1, 0.15) is 16.1 Å². The van der Waals surface area contributed by atoms with Crippen LogP contribution in [0.15, 0.2) is 30.6 Å². The van der Waals surface area contributed by atoms with Crippen LogP contribution in [-0.2, 0) is 10.5 Å². The quantitative estimate of drug-likeness (QED) is 0.774. The molecule has 2 aromatic rings. The fourth-order valence-corrected chi connectivity index (χ4v) is 1.89. The molecule has 0 radical (unpaired) electrons. The van der Waals surface area contributed by atoms with E-state index in [2.05, 4.69) is 19.4 Å². The van der Waals surface area contributed by atoms with E-state index in [0.717, 1.165) is 12.3 Å². The molecule has 0 aliphatic heterocycles. The molecule has 0 unspecified atom stereocenters. The largest absolute Gasteiger partial charge is 0.488 e. The number of rotatable bonds is 4. The minimum absolute atomic E-state index is 0.00558. The van der Waals surface area contributed by atoms with E-state index in [1.807, 2.05) is 0 Å². The average molecular weight is 326 g/mol. The van der Waals surface area contributed by atoms with Crippen molar-refractivity contribution in [2.24, 2.45) is 0 Å². The lowest BCUT2D eigenvalue weighted by molar-refractivity contribution is 0.0991. The third-order valence-corrected chi connectivity index (χ3v) is 2.98. The van der Waals surface area contributed by atoms with Crippen molar-refractivity contribution in [3.05, 3.63) is 41.9 Å². The summed E-state index contributed by atoms with van der Waals surface area (Å²) in [5, 5.41) is 7.68. The molecule has 1 amide bonds. The molecule has 0 atom stereocenters. The van der Waals surface area contributed by atoms with E-state index in [1.165, 1.54) is 18.1 Å². The first-order chi connectivity index (χ1) is 10.3. The first kappa shape index (κ1) is 15.8. The topological polar surface area (TPSA) is 102 Å². The highest BCUT2D eigenvalue weighted by atomic mass is 32.3. The molecule has 2 aromatic heterocycles. The van der Waals surface area contributed by atoms with Crippen molar-refractivity contribution in [1.29, 1.82) is 0 Å². The Morgan fingerprint density at radius 3 is 2.59 bits per heavy atom. The highest BCUT2D eigenvalue weighted by molar-refractivity contribution is 7.81. The van der Waals surface area contributed by atoms with Gasteiger partial charge in [-0.3, -0.25) is 14.7 Å². The number of carbonyl (C=O) groups excluding carboxylic acids is 1. The third-order valence-electron chi connectivity index (χ3n) is 2.59. The van der Waals surface area contributed by atoms with Gasteiger partial charge < -0.3 is 4.18 Å². The van der Waals surface area contributed by atoms with E-state index in [9.17, 15) is 17.1 Å². The zero-order chi connectivity index (χ0) is 16.3. The van der Waals surface area contributed by atoms with Gasteiger partial charge in [-0.2, -0.15) is 13.5 Å². The third kappa shape index (κ3) is 3.95. The second-order valence-electron chi connectivity index (χ2n) is 4.28. The number of aryl methyl sites for hydroxylation is 1. The number of aromatic nitrogens is 3. The van der Waals surface area contributed by atoms with Gasteiger partial charge in [0.1, 0.15) is 0 Å². The molecular weight excluding hydrogens is 315 g/mol. The zero-order valence-electron chi connectivity index (χ0n) is 11.6. The van der Waals surface area contributed by atoms with Crippen molar-refractivity contribution in [1.82, 2.24) is 15.2 Å². The molecule has 0 fully saturated rings. The number of carbonyl (C=O) groups is 1. The predicted octanol–water partition coefficient (Wildman–Crippen LogP) is 1.05. The maximum Gasteiger partial charge on any atom is 0.488 e. The number of anilines is 1. The lowest BCUT2D eigenvalue weighted by atomic mass is 10.2. The number of halogens is 1. The standard InChI is InChI=1S/C12H11FN4O4S/c1-8-3-4-11(16-15-8)17(2)12(18)9-5-10(7-14-6-9)21-22(13,19)20/h3-7H,1-2H3. The second-order valence-corrected chi connectivity index (χ2v) is 5.24. The minimum atomic E-state index is -5.18. The first-order valence-corrected chi connectivity index (χ1v) is 7.24. The molecule has 0 spiro atoms. The number of hydrogen-bond acceptors (Lipinski definition) is 7. The normalized spacial score (nSPS) is 11.0. The van der Waals surface area contributed by atoms with Gasteiger partial charge in [0.05, 0.1) is 17.5 Å². The van der Waals surface area contributed by atoms with Gasteiger partial charge in [-0.25, -0.2) is 0 Å². The number of amides is 1. The van der Waals surface area contributed by atoms with Crippen molar-refractivity contribution < 1.29 is 21.3 Å². The predicted molar refractivity (Wildman–Crippen MR) is 74.4 cm³/mol. The summed E-state index contributed by atoms with van der Waals surface area (Å²) in [6, 6.07) is 4.34. The summed E-state index contributed by atoms with van der Waals surface area (Å²) in [6.07, 6.45) is 2.16. The Balaban J connectivity index is 2.25. The molecule has 10 heteroatoms. The highest BCUT2D eigenvalue weighted by Gasteiger charge is 2.17. The Morgan fingerprint density at radius 1 is 1.27 bits per heavy atom. The van der Waals surface area contributed by atoms with Crippen molar-refractivity contribution in [3.63, 3.8) is 0 Å². The van der Waals surface area contributed by atoms with Gasteiger partial charge in [-0.1, -0.05) is 3.89 Å². The van der Waals surface area contributed by atoms with Crippen LogP contribution in [-0.4, -0.2) is 36.6 Å². The molecule has 2 rings (SSSR count). The molecule has 8 nitrogen and oxygen atoms in total. The van der Waals surface area contributed by atoms with Gasteiger partial charge in [0.2, 0.25) is 0 Å². The monoisotopic (exact) mass is 326 g/mol. The Kier molecular flexibility index (Phi) is 4.31. The molecule has 2 heterocycles. The molecule has 0 aliphatic carbocycles. The molecule has 116 valence electrons. The van der Waals surface area contributed by atoms with Crippen molar-refractivity contribution in [3.8, 4) is 5.75 Å². The lowest BCUT2D eigenvalue weighted by Crippen LogP contribution is -2.27. The van der Waals surface area contributed by atoms with Gasteiger partial charge in [-0.15, -0.1) is 5.10 Å². The fourth-order valence-electron chi connectivity index (χ4n) is 1.56. The molecule has 0 aromatic carbocycles. The average Bonchev–Trinajstić information content (AvgIpc) is 2.45. The van der Waals surface area contributed by atoms with Gasteiger partial charge in [-0.05, 0) is 25.1 Å². The summed E-state index contributed by atoms with van der Waals surface area (Å²) in [5.41, 5.74) is 0.695. The molecule has 0 bridgehead atoms. The van der Waals surface area contributed by atoms with Gasteiger partial charge in [0.25, 0.3) is 5.91 Å². The lowest BCUT2D eigenvalue weighted by Gasteiger charge is -2.15. The molecule has 0 aliphatic rings. The van der Waals surface area contributed by atoms with E-state index in [4.69, 9.17) is 0 Å². The zero-order valence-corrected chi connectivity index (χ0v) is 12.4. The van der Waals surface area contributed by atoms with Gasteiger partial charge in [0.15, 0.2) is 11.6 Å². The van der Waals surface area contributed by atoms with Gasteiger partial charge in [0, 0.05) is 13.2 Å². The Morgan fingerprint density at radius 2 is 2.00 bits per heavy atom. The van der Waals surface area contributed by atoms with Crippen molar-refractivity contribution in [2.45, 2.75) is 6.92 Å². The van der Waals surface area contributed by atoms with Crippen molar-refractivity contribution in [2.75, 3.05) is 11.9 Å². The summed E-state index contributed by atoms with van der Waals surface area (Å²) in [4.78, 5) is 17.1. The van der Waals surface area contributed by atoms with Crippen LogP contribution < -0.4 is 9.08 Å². The summed E-state index contributed by atoms with van der Waals surface area (Å²) in [5.74, 6) is -0.649. The minimum Gasteiger partial charge on any atom is -0.357 e. The SMILES string of the molecule is Cc1ccc(N(C)C(=O)c2cncc(OS(=O)(=O)F)c2)nn1. The Hall–Kier alpha value is -2.62. The van der Waals surface area contributed by atoms with E-state index in [1.54, 1.807) is 19.1 Å². The molecule has 0 N–H and O–H groups in total. The molecular formula is C12H11FN4O4S. The van der Waals surface area contributed by atoms with Crippen molar-refractivity contribution >= 4 is 22.2 Å². The first-order valence-electron chi connectivity index (χ1n) is 5.94. The van der Waals surface area contributed by atoms with Crippen LogP contribution in [0.2, 0.25) is 0 Å². The van der Waals surface area contributed by atoms with E-state index in [-0.39, 0.29) is 5.56 Å². The summed E-state index contributed by atoms with van der Waals surface area (Å²) in [6.45, 7) is 1.75. The van der Waals surface area contributed by atoms with Crippen LogP contribution in [0.4, 0.5) is 9.70 Å². The maximum absolute atomic E-state index is 12.5. The molecule has 0 saturated heterocycles. The fraction of sp³-hybridized carbons (Fsp3) is 0.167. The Bertz CT molecular complexity index is 795. The van der Waals surface area contributed by atoms with Crippen LogP contribution in [0.3, 0.4) is 0 Å².